The molecule has 0 amide bonds. The Hall–Kier alpha value is -3.97. The molecule has 2 aromatic rings. The first kappa shape index (κ1) is 21.3. The topological polar surface area (TPSA) is 145 Å². The Morgan fingerprint density at radius 1 is 1.07 bits per heavy atom. The lowest BCUT2D eigenvalue weighted by Crippen LogP contribution is -2.33. The van der Waals surface area contributed by atoms with Crippen molar-refractivity contribution < 1.29 is 42.0 Å². The predicted octanol–water partition coefficient (Wildman–Crippen LogP) is 4.18. The summed E-state index contributed by atoms with van der Waals surface area (Å²) >= 11 is 0. The van der Waals surface area contributed by atoms with Crippen LogP contribution in [-0.4, -0.2) is 33.5 Å². The Labute approximate surface area is 157 Å². The highest BCUT2D eigenvalue weighted by atomic mass is 19.3. The van der Waals surface area contributed by atoms with Crippen molar-refractivity contribution in [3.63, 3.8) is 0 Å². The van der Waals surface area contributed by atoms with Crippen molar-refractivity contribution in [2.24, 2.45) is 0 Å². The average Bonchev–Trinajstić information content (AvgIpc) is 2.62. The first-order valence-electron chi connectivity index (χ1n) is 7.34. The fraction of sp³-hybridized carbons (Fsp3) is 0.133. The zero-order valence-electron chi connectivity index (χ0n) is 13.8. The number of anilines is 2. The maximum absolute atomic E-state index is 12.9. The molecule has 10 nitrogen and oxygen atoms in total. The van der Waals surface area contributed by atoms with E-state index in [-0.39, 0.29) is 5.69 Å². The van der Waals surface area contributed by atoms with Gasteiger partial charge in [-0.1, -0.05) is 0 Å². The van der Waals surface area contributed by atoms with Crippen LogP contribution in [0.25, 0.3) is 0 Å². The monoisotopic (exact) mass is 419 g/mol. The number of aromatic carboxylic acids is 1. The molecule has 0 saturated carbocycles. The van der Waals surface area contributed by atoms with Gasteiger partial charge in [0.1, 0.15) is 5.75 Å². The third kappa shape index (κ3) is 4.85. The molecular formula is C15H9F4N3O7. The largest absolute Gasteiger partial charge is 0.478 e. The van der Waals surface area contributed by atoms with Crippen LogP contribution >= 0.6 is 0 Å². The number of halogens is 4. The van der Waals surface area contributed by atoms with E-state index in [4.69, 9.17) is 5.11 Å². The number of ether oxygens (including phenoxy) is 1. The normalized spacial score (nSPS) is 11.2. The van der Waals surface area contributed by atoms with Crippen LogP contribution in [-0.2, 0) is 0 Å². The number of carbonyl (C=O) groups is 1. The number of nitrogens with one attached hydrogen (secondary N) is 1. The summed E-state index contributed by atoms with van der Waals surface area (Å²) in [6.45, 7) is 0. The fourth-order valence-corrected chi connectivity index (χ4v) is 2.10. The molecule has 0 aromatic heterocycles. The summed E-state index contributed by atoms with van der Waals surface area (Å²) in [4.78, 5) is 31.3. The summed E-state index contributed by atoms with van der Waals surface area (Å²) in [5.74, 6) is -2.30. The van der Waals surface area contributed by atoms with Gasteiger partial charge < -0.3 is 15.2 Å². The number of rotatable bonds is 8. The van der Waals surface area contributed by atoms with Crippen LogP contribution in [0.5, 0.6) is 5.75 Å². The number of nitrogens with zero attached hydrogens (tertiary/aromatic N) is 2. The Morgan fingerprint density at radius 2 is 1.55 bits per heavy atom. The van der Waals surface area contributed by atoms with Crippen LogP contribution in [0.15, 0.2) is 36.4 Å². The molecule has 0 aliphatic rings. The smallest absolute Gasteiger partial charge is 0.461 e. The first-order valence-corrected chi connectivity index (χ1v) is 7.34. The minimum atomic E-state index is -4.75. The number of alkyl halides is 4. The van der Waals surface area contributed by atoms with Gasteiger partial charge in [0, 0.05) is 17.8 Å². The number of carboxylic acid groups (broad SMARTS) is 1. The number of nitro benzene ring substituents is 2. The molecule has 0 saturated heterocycles. The van der Waals surface area contributed by atoms with Crippen molar-refractivity contribution in [2.45, 2.75) is 12.5 Å². The van der Waals surface area contributed by atoms with Gasteiger partial charge in [0.2, 0.25) is 0 Å². The molecule has 0 aliphatic heterocycles. The second kappa shape index (κ2) is 7.95. The highest BCUT2D eigenvalue weighted by Gasteiger charge is 2.44. The third-order valence-corrected chi connectivity index (χ3v) is 3.37. The quantitative estimate of drug-likeness (QED) is 0.368. The lowest BCUT2D eigenvalue weighted by atomic mass is 10.1. The van der Waals surface area contributed by atoms with Gasteiger partial charge in [-0.25, -0.2) is 4.79 Å². The molecule has 0 bridgehead atoms. The maximum atomic E-state index is 12.9. The lowest BCUT2D eigenvalue weighted by Gasteiger charge is -2.17. The van der Waals surface area contributed by atoms with Crippen LogP contribution in [0.3, 0.4) is 0 Å². The van der Waals surface area contributed by atoms with Gasteiger partial charge in [0.25, 0.3) is 0 Å². The molecular weight excluding hydrogens is 410 g/mol. The van der Waals surface area contributed by atoms with Crippen molar-refractivity contribution in [3.8, 4) is 5.75 Å². The molecule has 2 rings (SSSR count). The number of nitro groups is 2. The molecule has 2 aromatic carbocycles. The molecule has 0 fully saturated rings. The van der Waals surface area contributed by atoms with E-state index in [0.717, 1.165) is 24.3 Å². The molecule has 14 heteroatoms. The van der Waals surface area contributed by atoms with Crippen molar-refractivity contribution in [3.05, 3.63) is 62.2 Å². The van der Waals surface area contributed by atoms with Gasteiger partial charge in [0.05, 0.1) is 15.4 Å². The van der Waals surface area contributed by atoms with Crippen molar-refractivity contribution in [1.29, 1.82) is 0 Å². The van der Waals surface area contributed by atoms with Crippen molar-refractivity contribution in [2.75, 3.05) is 5.32 Å². The van der Waals surface area contributed by atoms with Gasteiger partial charge in [0.15, 0.2) is 5.69 Å². The van der Waals surface area contributed by atoms with E-state index in [0.29, 0.717) is 12.1 Å². The molecule has 29 heavy (non-hydrogen) atoms. The highest BCUT2D eigenvalue weighted by molar-refractivity contribution is 5.93. The van der Waals surface area contributed by atoms with E-state index in [1.54, 1.807) is 0 Å². The summed E-state index contributed by atoms with van der Waals surface area (Å²) in [7, 11) is 0. The Morgan fingerprint density at radius 3 is 1.93 bits per heavy atom. The first-order chi connectivity index (χ1) is 13.4. The molecule has 0 atom stereocenters. The predicted molar refractivity (Wildman–Crippen MR) is 88.0 cm³/mol. The van der Waals surface area contributed by atoms with Crippen molar-refractivity contribution in [1.82, 2.24) is 0 Å². The number of hydrogen-bond donors (Lipinski definition) is 2. The summed E-state index contributed by atoms with van der Waals surface area (Å²) in [5.41, 5.74) is -3.32. The molecule has 2 N–H and O–H groups in total. The zero-order chi connectivity index (χ0) is 21.9. The number of carboxylic acids is 1. The van der Waals surface area contributed by atoms with E-state index in [9.17, 15) is 42.6 Å². The van der Waals surface area contributed by atoms with E-state index >= 15 is 0 Å². The van der Waals surface area contributed by atoms with Gasteiger partial charge in [-0.15, -0.1) is 0 Å². The van der Waals surface area contributed by atoms with E-state index in [1.165, 1.54) is 0 Å². The third-order valence-electron chi connectivity index (χ3n) is 3.37. The highest BCUT2D eigenvalue weighted by Crippen LogP contribution is 2.38. The molecule has 0 spiro atoms. The summed E-state index contributed by atoms with van der Waals surface area (Å²) in [6.07, 6.45) is -8.84. The van der Waals surface area contributed by atoms with E-state index < -0.39 is 56.7 Å². The van der Waals surface area contributed by atoms with E-state index in [1.807, 2.05) is 0 Å². The summed E-state index contributed by atoms with van der Waals surface area (Å²) < 4.78 is 53.9. The van der Waals surface area contributed by atoms with Crippen LogP contribution in [0.4, 0.5) is 40.3 Å². The standard InChI is InChI=1S/C15H9F4N3O7/c16-14(17)15(18,19)29-9-3-1-8(2-4-9)20-12-10(21(25)26)5-7(13(23)24)6-11(12)22(27)28/h1-6,14,20H,(H,23,24). The summed E-state index contributed by atoms with van der Waals surface area (Å²) in [5, 5.41) is 33.7. The van der Waals surface area contributed by atoms with Gasteiger partial charge >= 0.3 is 29.9 Å². The zero-order valence-corrected chi connectivity index (χ0v) is 13.8. The van der Waals surface area contributed by atoms with Crippen LogP contribution in [0, 0.1) is 20.2 Å². The number of benzene rings is 2. The number of hydrogen-bond acceptors (Lipinski definition) is 7. The molecule has 0 unspecified atom stereocenters. The fourth-order valence-electron chi connectivity index (χ4n) is 2.10. The van der Waals surface area contributed by atoms with Crippen molar-refractivity contribution >= 4 is 28.7 Å². The van der Waals surface area contributed by atoms with Gasteiger partial charge in [-0.2, -0.15) is 17.6 Å². The minimum Gasteiger partial charge on any atom is -0.478 e. The SMILES string of the molecule is O=C(O)c1cc([N+](=O)[O-])c(Nc2ccc(OC(F)(F)C(F)F)cc2)c([N+](=O)[O-])c1. The second-order valence-electron chi connectivity index (χ2n) is 5.32. The van der Waals surface area contributed by atoms with E-state index in [2.05, 4.69) is 10.1 Å². The van der Waals surface area contributed by atoms with Crippen LogP contribution < -0.4 is 10.1 Å². The molecule has 0 aliphatic carbocycles. The minimum absolute atomic E-state index is 0.0908. The average molecular weight is 419 g/mol. The van der Waals surface area contributed by atoms with Crippen LogP contribution in [0.2, 0.25) is 0 Å². The molecule has 0 heterocycles. The van der Waals surface area contributed by atoms with Crippen LogP contribution in [0.1, 0.15) is 10.4 Å². The Kier molecular flexibility index (Phi) is 5.85. The molecule has 0 radical (unpaired) electrons. The molecule has 154 valence electrons. The lowest BCUT2D eigenvalue weighted by molar-refractivity contribution is -0.392. The van der Waals surface area contributed by atoms with Gasteiger partial charge in [-0.05, 0) is 24.3 Å². The second-order valence-corrected chi connectivity index (χ2v) is 5.32. The maximum Gasteiger partial charge on any atom is 0.461 e. The van der Waals surface area contributed by atoms with Gasteiger partial charge in [-0.3, -0.25) is 20.2 Å². The Balaban J connectivity index is 2.42. The summed E-state index contributed by atoms with van der Waals surface area (Å²) in [6, 6.07) is 4.80. The Bertz CT molecular complexity index is 932.